The lowest BCUT2D eigenvalue weighted by atomic mass is 9.70. The first-order chi connectivity index (χ1) is 9.84. The molecule has 0 spiro atoms. The van der Waals surface area contributed by atoms with E-state index in [1.54, 1.807) is 24.3 Å². The molecule has 0 N–H and O–H groups in total. The van der Waals surface area contributed by atoms with Crippen LogP contribution in [0.3, 0.4) is 0 Å². The number of halogens is 1. The lowest BCUT2D eigenvalue weighted by Crippen LogP contribution is -2.32. The van der Waals surface area contributed by atoms with Crippen LogP contribution in [0.25, 0.3) is 0 Å². The van der Waals surface area contributed by atoms with Crippen molar-refractivity contribution in [3.05, 3.63) is 34.9 Å². The van der Waals surface area contributed by atoms with Crippen LogP contribution in [0, 0.1) is 16.7 Å². The molecule has 112 valence electrons. The smallest absolute Gasteiger partial charge is 0.313 e. The minimum absolute atomic E-state index is 0.0535. The van der Waals surface area contributed by atoms with Crippen molar-refractivity contribution in [1.29, 1.82) is 0 Å². The fourth-order valence-corrected chi connectivity index (χ4v) is 3.93. The van der Waals surface area contributed by atoms with Crippen molar-refractivity contribution in [3.8, 4) is 0 Å². The highest BCUT2D eigenvalue weighted by molar-refractivity contribution is 6.30. The zero-order chi connectivity index (χ0) is 15.3. The Bertz CT molecular complexity index is 606. The Hall–Kier alpha value is -1.35. The highest BCUT2D eigenvalue weighted by Gasteiger charge is 2.60. The van der Waals surface area contributed by atoms with Gasteiger partial charge in [0, 0.05) is 10.4 Å². The van der Waals surface area contributed by atoms with Gasteiger partial charge in [0.15, 0.2) is 0 Å². The predicted octanol–water partition coefficient (Wildman–Crippen LogP) is 4.70. The number of benzene rings is 1. The van der Waals surface area contributed by atoms with E-state index < -0.39 is 5.97 Å². The van der Waals surface area contributed by atoms with Crippen molar-refractivity contribution in [2.24, 2.45) is 21.9 Å². The molecule has 21 heavy (non-hydrogen) atoms. The second-order valence-corrected chi connectivity index (χ2v) is 7.35. The molecule has 2 atom stereocenters. The highest BCUT2D eigenvalue weighted by atomic mass is 35.5. The third-order valence-corrected chi connectivity index (χ3v) is 6.08. The molecule has 2 aliphatic carbocycles. The van der Waals surface area contributed by atoms with E-state index in [4.69, 9.17) is 16.4 Å². The maximum absolute atomic E-state index is 12.0. The molecular formula is C17H20ClNO2. The molecule has 2 fully saturated rings. The van der Waals surface area contributed by atoms with Crippen LogP contribution in [0.2, 0.25) is 5.02 Å². The van der Waals surface area contributed by atoms with Gasteiger partial charge in [-0.25, -0.2) is 4.79 Å². The second-order valence-electron chi connectivity index (χ2n) is 6.92. The Balaban J connectivity index is 1.76. The molecule has 2 aliphatic rings. The maximum atomic E-state index is 12.0. The summed E-state index contributed by atoms with van der Waals surface area (Å²) in [5.41, 5.74) is 1.79. The van der Waals surface area contributed by atoms with Gasteiger partial charge in [-0.3, -0.25) is 0 Å². The molecule has 3 rings (SSSR count). The molecule has 4 heteroatoms. The summed E-state index contributed by atoms with van der Waals surface area (Å²) >= 11 is 5.81. The largest absolute Gasteiger partial charge is 0.365 e. The Kier molecular flexibility index (Phi) is 3.36. The fourth-order valence-electron chi connectivity index (χ4n) is 3.80. The lowest BCUT2D eigenvalue weighted by Gasteiger charge is -2.34. The molecule has 1 aromatic carbocycles. The SMILES string of the molecule is CC12CCC(C/C1=N/OC(=O)c1ccc(Cl)cc1)C2(C)C. The number of hydrogen-bond acceptors (Lipinski definition) is 3. The van der Waals surface area contributed by atoms with Crippen molar-refractivity contribution >= 4 is 23.3 Å². The quantitative estimate of drug-likeness (QED) is 0.587. The van der Waals surface area contributed by atoms with Crippen molar-refractivity contribution in [3.63, 3.8) is 0 Å². The third kappa shape index (κ3) is 2.18. The molecule has 0 amide bonds. The molecule has 0 saturated heterocycles. The van der Waals surface area contributed by atoms with Crippen LogP contribution in [0.1, 0.15) is 50.4 Å². The van der Waals surface area contributed by atoms with Crippen LogP contribution in [0.15, 0.2) is 29.4 Å². The average Bonchev–Trinajstić information content (AvgIpc) is 2.78. The summed E-state index contributed by atoms with van der Waals surface area (Å²) < 4.78 is 0. The second kappa shape index (κ2) is 4.84. The van der Waals surface area contributed by atoms with Crippen molar-refractivity contribution in [2.45, 2.75) is 40.0 Å². The Morgan fingerprint density at radius 3 is 2.48 bits per heavy atom. The van der Waals surface area contributed by atoms with Crippen molar-refractivity contribution in [2.75, 3.05) is 0 Å². The summed E-state index contributed by atoms with van der Waals surface area (Å²) in [4.78, 5) is 17.2. The molecule has 2 saturated carbocycles. The van der Waals surface area contributed by atoms with E-state index in [9.17, 15) is 4.79 Å². The van der Waals surface area contributed by atoms with E-state index >= 15 is 0 Å². The van der Waals surface area contributed by atoms with Crippen LogP contribution in [0.4, 0.5) is 0 Å². The Morgan fingerprint density at radius 1 is 1.29 bits per heavy atom. The van der Waals surface area contributed by atoms with Crippen LogP contribution >= 0.6 is 11.6 Å². The van der Waals surface area contributed by atoms with E-state index in [2.05, 4.69) is 25.9 Å². The van der Waals surface area contributed by atoms with E-state index in [0.717, 1.165) is 18.6 Å². The molecule has 3 nitrogen and oxygen atoms in total. The molecular weight excluding hydrogens is 286 g/mol. The first-order valence-electron chi connectivity index (χ1n) is 7.39. The highest BCUT2D eigenvalue weighted by Crippen LogP contribution is 2.63. The van der Waals surface area contributed by atoms with Crippen LogP contribution in [-0.2, 0) is 4.84 Å². The van der Waals surface area contributed by atoms with Gasteiger partial charge in [0.2, 0.25) is 0 Å². The van der Waals surface area contributed by atoms with E-state index in [-0.39, 0.29) is 10.8 Å². The molecule has 0 aromatic heterocycles. The standard InChI is InChI=1S/C17H20ClNO2/c1-16(2)12-8-9-17(16,3)14(10-12)19-21-15(20)11-4-6-13(18)7-5-11/h4-7,12H,8-10H2,1-3H3/b19-14-. The van der Waals surface area contributed by atoms with Gasteiger partial charge in [0.1, 0.15) is 0 Å². The van der Waals surface area contributed by atoms with Gasteiger partial charge in [0.25, 0.3) is 0 Å². The van der Waals surface area contributed by atoms with Gasteiger partial charge in [0.05, 0.1) is 11.3 Å². The summed E-state index contributed by atoms with van der Waals surface area (Å²) in [6, 6.07) is 6.65. The number of hydrogen-bond donors (Lipinski definition) is 0. The molecule has 0 radical (unpaired) electrons. The first kappa shape index (κ1) is 14.6. The van der Waals surface area contributed by atoms with Gasteiger partial charge < -0.3 is 4.84 Å². The zero-order valence-corrected chi connectivity index (χ0v) is 13.4. The van der Waals surface area contributed by atoms with Gasteiger partial charge in [-0.1, -0.05) is 37.5 Å². The molecule has 2 unspecified atom stereocenters. The minimum Gasteiger partial charge on any atom is -0.313 e. The summed E-state index contributed by atoms with van der Waals surface area (Å²) in [7, 11) is 0. The number of oxime groups is 1. The Labute approximate surface area is 130 Å². The lowest BCUT2D eigenvalue weighted by molar-refractivity contribution is 0.0508. The van der Waals surface area contributed by atoms with Crippen molar-refractivity contribution in [1.82, 2.24) is 0 Å². The van der Waals surface area contributed by atoms with E-state index in [1.807, 2.05) is 0 Å². The molecule has 1 aromatic rings. The van der Waals surface area contributed by atoms with Crippen molar-refractivity contribution < 1.29 is 9.63 Å². The predicted molar refractivity (Wildman–Crippen MR) is 83.5 cm³/mol. The Morgan fingerprint density at radius 2 is 1.95 bits per heavy atom. The number of carbonyl (C=O) groups is 1. The van der Waals surface area contributed by atoms with E-state index in [1.165, 1.54) is 6.42 Å². The fraction of sp³-hybridized carbons (Fsp3) is 0.529. The monoisotopic (exact) mass is 305 g/mol. The summed E-state index contributed by atoms with van der Waals surface area (Å²) in [5, 5.41) is 4.80. The topological polar surface area (TPSA) is 38.7 Å². The van der Waals surface area contributed by atoms with Gasteiger partial charge in [-0.2, -0.15) is 0 Å². The summed E-state index contributed by atoms with van der Waals surface area (Å²) in [5.74, 6) is 0.221. The maximum Gasteiger partial charge on any atom is 0.365 e. The minimum atomic E-state index is -0.427. The first-order valence-corrected chi connectivity index (χ1v) is 7.77. The van der Waals surface area contributed by atoms with Gasteiger partial charge in [-0.05, 0) is 54.9 Å². The van der Waals surface area contributed by atoms with Crippen LogP contribution in [0.5, 0.6) is 0 Å². The number of nitrogens with zero attached hydrogens (tertiary/aromatic N) is 1. The molecule has 0 aliphatic heterocycles. The van der Waals surface area contributed by atoms with Gasteiger partial charge >= 0.3 is 5.97 Å². The number of carbonyl (C=O) groups excluding carboxylic acids is 1. The van der Waals surface area contributed by atoms with E-state index in [0.29, 0.717) is 16.5 Å². The number of rotatable bonds is 2. The normalized spacial score (nSPS) is 31.6. The summed E-state index contributed by atoms with van der Waals surface area (Å²) in [6.07, 6.45) is 3.31. The number of fused-ring (bicyclic) bond motifs is 2. The average molecular weight is 306 g/mol. The van der Waals surface area contributed by atoms with Crippen LogP contribution < -0.4 is 0 Å². The summed E-state index contributed by atoms with van der Waals surface area (Å²) in [6.45, 7) is 6.84. The molecule has 0 heterocycles. The van der Waals surface area contributed by atoms with Gasteiger partial charge in [-0.15, -0.1) is 0 Å². The molecule has 2 bridgehead atoms. The van der Waals surface area contributed by atoms with Crippen LogP contribution in [-0.4, -0.2) is 11.7 Å². The third-order valence-electron chi connectivity index (χ3n) is 5.83. The zero-order valence-electron chi connectivity index (χ0n) is 12.6.